The lowest BCUT2D eigenvalue weighted by Gasteiger charge is -2.31. The molecule has 0 spiro atoms. The maximum Gasteiger partial charge on any atom is 0.182 e. The van der Waals surface area contributed by atoms with E-state index >= 15 is 0 Å². The number of benzene rings is 1. The third-order valence-electron chi connectivity index (χ3n) is 4.43. The normalized spacial score (nSPS) is 25.8. The molecule has 0 aliphatic heterocycles. The Labute approximate surface area is 122 Å². The third-order valence-corrected chi connectivity index (χ3v) is 6.64. The van der Waals surface area contributed by atoms with Crippen LogP contribution < -0.4 is 5.32 Å². The topological polar surface area (TPSA) is 46.2 Å². The van der Waals surface area contributed by atoms with E-state index in [4.69, 9.17) is 0 Å². The highest BCUT2D eigenvalue weighted by Crippen LogP contribution is 2.42. The summed E-state index contributed by atoms with van der Waals surface area (Å²) in [7, 11) is -3.27. The van der Waals surface area contributed by atoms with Crippen LogP contribution in [0.5, 0.6) is 0 Å². The molecule has 0 radical (unpaired) electrons. The molecule has 4 heteroatoms. The van der Waals surface area contributed by atoms with Crippen LogP contribution >= 0.6 is 0 Å². The Kier molecular flexibility index (Phi) is 4.26. The lowest BCUT2D eigenvalue weighted by Crippen LogP contribution is -2.47. The second-order valence-corrected chi connectivity index (χ2v) is 8.63. The van der Waals surface area contributed by atoms with Crippen LogP contribution in [0, 0.1) is 12.3 Å². The highest BCUT2D eigenvalue weighted by molar-refractivity contribution is 7.92. The van der Waals surface area contributed by atoms with Crippen LogP contribution in [0.4, 0.5) is 0 Å². The Morgan fingerprint density at radius 2 is 2.05 bits per heavy atom. The van der Waals surface area contributed by atoms with Gasteiger partial charge in [0.25, 0.3) is 0 Å². The number of hydrogen-bond acceptors (Lipinski definition) is 3. The van der Waals surface area contributed by atoms with Crippen LogP contribution in [0.2, 0.25) is 0 Å². The molecule has 0 aromatic heterocycles. The molecule has 3 nitrogen and oxygen atoms in total. The van der Waals surface area contributed by atoms with Crippen LogP contribution in [0.1, 0.15) is 39.2 Å². The van der Waals surface area contributed by atoms with Gasteiger partial charge >= 0.3 is 0 Å². The average Bonchev–Trinajstić information content (AvgIpc) is 2.66. The molecule has 20 heavy (non-hydrogen) atoms. The summed E-state index contributed by atoms with van der Waals surface area (Å²) in [6.45, 7) is 9.08. The van der Waals surface area contributed by atoms with Gasteiger partial charge in [-0.3, -0.25) is 0 Å². The SMILES string of the molecule is CCNC1C(S(=O)(=O)c2cccc(C)c2)CCC1(C)C. The van der Waals surface area contributed by atoms with Gasteiger partial charge < -0.3 is 5.32 Å². The number of rotatable bonds is 4. The van der Waals surface area contributed by atoms with Gasteiger partial charge in [0.1, 0.15) is 0 Å². The van der Waals surface area contributed by atoms with Gasteiger partial charge in [-0.25, -0.2) is 8.42 Å². The summed E-state index contributed by atoms with van der Waals surface area (Å²) in [6, 6.07) is 7.28. The Hall–Kier alpha value is -0.870. The van der Waals surface area contributed by atoms with Crippen LogP contribution in [-0.2, 0) is 9.84 Å². The predicted molar refractivity (Wildman–Crippen MR) is 82.6 cm³/mol. The van der Waals surface area contributed by atoms with Crippen molar-refractivity contribution >= 4 is 9.84 Å². The van der Waals surface area contributed by atoms with Crippen LogP contribution in [0.15, 0.2) is 29.2 Å². The number of nitrogens with one attached hydrogen (secondary N) is 1. The van der Waals surface area contributed by atoms with Gasteiger partial charge in [0.2, 0.25) is 0 Å². The molecule has 0 bridgehead atoms. The van der Waals surface area contributed by atoms with E-state index in [-0.39, 0.29) is 16.7 Å². The van der Waals surface area contributed by atoms with Crippen LogP contribution in [-0.4, -0.2) is 26.3 Å². The van der Waals surface area contributed by atoms with E-state index < -0.39 is 9.84 Å². The first-order valence-corrected chi connectivity index (χ1v) is 8.87. The maximum atomic E-state index is 12.9. The first-order chi connectivity index (χ1) is 9.29. The Balaban J connectivity index is 2.39. The van der Waals surface area contributed by atoms with Gasteiger partial charge in [0.15, 0.2) is 9.84 Å². The highest BCUT2D eigenvalue weighted by atomic mass is 32.2. The molecule has 1 aliphatic rings. The summed E-state index contributed by atoms with van der Waals surface area (Å²) in [5.41, 5.74) is 1.01. The molecule has 1 aromatic rings. The zero-order valence-corrected chi connectivity index (χ0v) is 13.6. The molecule has 1 aromatic carbocycles. The molecule has 0 heterocycles. The summed E-state index contributed by atoms with van der Waals surface area (Å²) < 4.78 is 25.8. The summed E-state index contributed by atoms with van der Waals surface area (Å²) in [4.78, 5) is 0.461. The minimum absolute atomic E-state index is 0.0254. The first-order valence-electron chi connectivity index (χ1n) is 7.33. The van der Waals surface area contributed by atoms with Crippen molar-refractivity contribution in [2.45, 2.75) is 56.7 Å². The molecule has 1 fully saturated rings. The molecule has 1 saturated carbocycles. The first kappa shape index (κ1) is 15.5. The van der Waals surface area contributed by atoms with E-state index in [0.717, 1.165) is 24.9 Å². The molecule has 0 saturated heterocycles. The van der Waals surface area contributed by atoms with Gasteiger partial charge in [-0.2, -0.15) is 0 Å². The molecular formula is C16H25NO2S. The van der Waals surface area contributed by atoms with E-state index in [9.17, 15) is 8.42 Å². The van der Waals surface area contributed by atoms with Crippen molar-refractivity contribution in [1.82, 2.24) is 5.32 Å². The fourth-order valence-electron chi connectivity index (χ4n) is 3.27. The van der Waals surface area contributed by atoms with E-state index in [1.54, 1.807) is 12.1 Å². The Bertz CT molecular complexity index is 578. The van der Waals surface area contributed by atoms with Gasteiger partial charge in [-0.1, -0.05) is 32.9 Å². The van der Waals surface area contributed by atoms with Crippen LogP contribution in [0.3, 0.4) is 0 Å². The fourth-order valence-corrected chi connectivity index (χ4v) is 5.49. The lowest BCUT2D eigenvalue weighted by molar-refractivity contribution is 0.288. The van der Waals surface area contributed by atoms with E-state index in [1.165, 1.54) is 0 Å². The Morgan fingerprint density at radius 3 is 2.65 bits per heavy atom. The van der Waals surface area contributed by atoms with Crippen molar-refractivity contribution < 1.29 is 8.42 Å². The zero-order chi connectivity index (χ0) is 15.0. The molecule has 2 rings (SSSR count). The van der Waals surface area contributed by atoms with Gasteiger partial charge in [-0.05, 0) is 49.4 Å². The van der Waals surface area contributed by atoms with Gasteiger partial charge in [0.05, 0.1) is 10.1 Å². The second-order valence-electron chi connectivity index (χ2n) is 6.46. The van der Waals surface area contributed by atoms with Crippen LogP contribution in [0.25, 0.3) is 0 Å². The molecular weight excluding hydrogens is 270 g/mol. The summed E-state index contributed by atoms with van der Waals surface area (Å²) in [6.07, 6.45) is 1.68. The lowest BCUT2D eigenvalue weighted by atomic mass is 9.87. The van der Waals surface area contributed by atoms with Crippen molar-refractivity contribution in [2.24, 2.45) is 5.41 Å². The molecule has 1 N–H and O–H groups in total. The fraction of sp³-hybridized carbons (Fsp3) is 0.625. The Morgan fingerprint density at radius 1 is 1.35 bits per heavy atom. The molecule has 2 unspecified atom stereocenters. The largest absolute Gasteiger partial charge is 0.312 e. The number of aryl methyl sites for hydroxylation is 1. The van der Waals surface area contributed by atoms with E-state index in [2.05, 4.69) is 19.2 Å². The zero-order valence-electron chi connectivity index (χ0n) is 12.8. The van der Waals surface area contributed by atoms with Gasteiger partial charge in [0, 0.05) is 6.04 Å². The minimum atomic E-state index is -3.27. The van der Waals surface area contributed by atoms with Crippen molar-refractivity contribution in [2.75, 3.05) is 6.54 Å². The van der Waals surface area contributed by atoms with E-state index in [1.807, 2.05) is 26.0 Å². The standard InChI is InChI=1S/C16H25NO2S/c1-5-17-15-14(9-10-16(15,3)4)20(18,19)13-8-6-7-12(2)11-13/h6-8,11,14-15,17H,5,9-10H2,1-4H3. The maximum absolute atomic E-state index is 12.9. The molecule has 1 aliphatic carbocycles. The molecule has 2 atom stereocenters. The van der Waals surface area contributed by atoms with Gasteiger partial charge in [-0.15, -0.1) is 0 Å². The summed E-state index contributed by atoms with van der Waals surface area (Å²) >= 11 is 0. The average molecular weight is 295 g/mol. The predicted octanol–water partition coefficient (Wildman–Crippen LogP) is 2.94. The minimum Gasteiger partial charge on any atom is -0.312 e. The quantitative estimate of drug-likeness (QED) is 0.929. The highest BCUT2D eigenvalue weighted by Gasteiger charge is 2.47. The second kappa shape index (κ2) is 5.49. The monoisotopic (exact) mass is 295 g/mol. The van der Waals surface area contributed by atoms with Crippen molar-refractivity contribution in [3.05, 3.63) is 29.8 Å². The summed E-state index contributed by atoms with van der Waals surface area (Å²) in [5.74, 6) is 0. The number of sulfone groups is 1. The molecule has 112 valence electrons. The smallest absolute Gasteiger partial charge is 0.182 e. The summed E-state index contributed by atoms with van der Waals surface area (Å²) in [5, 5.41) is 3.08. The van der Waals surface area contributed by atoms with E-state index in [0.29, 0.717) is 4.90 Å². The van der Waals surface area contributed by atoms with Crippen molar-refractivity contribution in [3.63, 3.8) is 0 Å². The number of hydrogen-bond donors (Lipinski definition) is 1. The third kappa shape index (κ3) is 2.77. The van der Waals surface area contributed by atoms with Crippen molar-refractivity contribution in [1.29, 1.82) is 0 Å². The molecule has 0 amide bonds. The van der Waals surface area contributed by atoms with Crippen molar-refractivity contribution in [3.8, 4) is 0 Å².